The van der Waals surface area contributed by atoms with Crippen LogP contribution >= 0.6 is 0 Å². The van der Waals surface area contributed by atoms with Gasteiger partial charge < -0.3 is 18.8 Å². The number of benzene rings is 2. The topological polar surface area (TPSA) is 100.0 Å². The summed E-state index contributed by atoms with van der Waals surface area (Å²) in [6, 6.07) is 9.84. The van der Waals surface area contributed by atoms with Crippen molar-refractivity contribution in [1.29, 1.82) is 0 Å². The fraction of sp³-hybridized carbons (Fsp3) is 0.417. The molecule has 0 atom stereocenters. The van der Waals surface area contributed by atoms with Crippen LogP contribution < -0.4 is 9.47 Å². The molecular weight excluding hydrogens is 458 g/mol. The van der Waals surface area contributed by atoms with Gasteiger partial charge in [0, 0.05) is 25.7 Å². The van der Waals surface area contributed by atoms with Gasteiger partial charge in [0.2, 0.25) is 10.0 Å². The third-order valence-corrected chi connectivity index (χ3v) is 7.92. The first-order valence-corrected chi connectivity index (χ1v) is 12.7. The highest BCUT2D eigenvalue weighted by molar-refractivity contribution is 7.89. The first kappa shape index (κ1) is 24.0. The summed E-state index contributed by atoms with van der Waals surface area (Å²) in [7, 11) is -0.562. The van der Waals surface area contributed by atoms with E-state index in [1.54, 1.807) is 40.7 Å². The number of nitrogens with zero attached hydrogens (tertiary/aromatic N) is 3. The number of hydrogen-bond acceptors (Lipinski definition) is 7. The molecule has 0 radical (unpaired) electrons. The molecule has 34 heavy (non-hydrogen) atoms. The van der Waals surface area contributed by atoms with E-state index in [2.05, 4.69) is 4.98 Å². The minimum atomic E-state index is -3.56. The minimum Gasteiger partial charge on any atom is -0.497 e. The Labute approximate surface area is 199 Å². The highest BCUT2D eigenvalue weighted by atomic mass is 32.2. The van der Waals surface area contributed by atoms with Crippen molar-refractivity contribution in [3.63, 3.8) is 0 Å². The van der Waals surface area contributed by atoms with Crippen LogP contribution in [0.4, 0.5) is 0 Å². The van der Waals surface area contributed by atoms with Gasteiger partial charge in [-0.05, 0) is 50.1 Å². The van der Waals surface area contributed by atoms with E-state index in [4.69, 9.17) is 14.2 Å². The molecule has 10 heteroatoms. The van der Waals surface area contributed by atoms with Crippen molar-refractivity contribution >= 4 is 27.0 Å². The average Bonchev–Trinajstić information content (AvgIpc) is 3.24. The number of hydrogen-bond donors (Lipinski definition) is 0. The summed E-state index contributed by atoms with van der Waals surface area (Å²) < 4.78 is 45.6. The monoisotopic (exact) mass is 487 g/mol. The molecule has 0 saturated carbocycles. The van der Waals surface area contributed by atoms with Crippen LogP contribution in [0.3, 0.4) is 0 Å². The zero-order valence-electron chi connectivity index (χ0n) is 19.6. The van der Waals surface area contributed by atoms with Gasteiger partial charge in [0.05, 0.1) is 30.1 Å². The lowest BCUT2D eigenvalue weighted by Gasteiger charge is -2.25. The summed E-state index contributed by atoms with van der Waals surface area (Å²) >= 11 is 0. The molecule has 0 bridgehead atoms. The van der Waals surface area contributed by atoms with Crippen LogP contribution in [0.2, 0.25) is 0 Å². The van der Waals surface area contributed by atoms with Crippen LogP contribution in [0, 0.1) is 0 Å². The lowest BCUT2D eigenvalue weighted by atomic mass is 10.2. The van der Waals surface area contributed by atoms with Gasteiger partial charge in [0.1, 0.15) is 29.5 Å². The molecule has 1 fully saturated rings. The molecule has 2 aromatic carbocycles. The Bertz CT molecular complexity index is 1300. The molecule has 1 saturated heterocycles. The first-order valence-electron chi connectivity index (χ1n) is 11.3. The number of esters is 1. The number of aryl methyl sites for hydroxylation is 1. The van der Waals surface area contributed by atoms with Crippen LogP contribution in [-0.4, -0.2) is 55.6 Å². The van der Waals surface area contributed by atoms with Crippen molar-refractivity contribution < 1.29 is 27.4 Å². The highest BCUT2D eigenvalue weighted by Crippen LogP contribution is 2.27. The number of aromatic nitrogens is 2. The van der Waals surface area contributed by atoms with E-state index in [0.29, 0.717) is 42.5 Å². The maximum Gasteiger partial charge on any atom is 0.342 e. The van der Waals surface area contributed by atoms with Crippen molar-refractivity contribution in [3.8, 4) is 11.5 Å². The third-order valence-electron chi connectivity index (χ3n) is 6.03. The lowest BCUT2D eigenvalue weighted by Crippen LogP contribution is -2.35. The summed E-state index contributed by atoms with van der Waals surface area (Å²) in [5.74, 6) is 0.894. The number of ether oxygens (including phenoxy) is 3. The number of rotatable bonds is 8. The SMILES string of the molecule is CCn1c(COC(=O)c2ccc(OC)cc2OC)nc2cc(S(=O)(=O)N3CCCCC3)ccc21. The van der Waals surface area contributed by atoms with E-state index in [1.165, 1.54) is 14.2 Å². The molecule has 182 valence electrons. The van der Waals surface area contributed by atoms with Gasteiger partial charge in [-0.25, -0.2) is 18.2 Å². The van der Waals surface area contributed by atoms with Crippen LogP contribution in [0.5, 0.6) is 11.5 Å². The molecule has 9 nitrogen and oxygen atoms in total. The Kier molecular flexibility index (Phi) is 7.08. The quantitative estimate of drug-likeness (QED) is 0.448. The van der Waals surface area contributed by atoms with E-state index in [9.17, 15) is 13.2 Å². The molecule has 0 N–H and O–H groups in total. The van der Waals surface area contributed by atoms with Crippen LogP contribution in [-0.2, 0) is 27.9 Å². The Morgan fingerprint density at radius 1 is 1.03 bits per heavy atom. The number of imidazole rings is 1. The number of fused-ring (bicyclic) bond motifs is 1. The molecule has 2 heterocycles. The van der Waals surface area contributed by atoms with Crippen molar-refractivity contribution in [2.75, 3.05) is 27.3 Å². The summed E-state index contributed by atoms with van der Waals surface area (Å²) in [5, 5.41) is 0. The fourth-order valence-corrected chi connectivity index (χ4v) is 5.75. The number of carbonyl (C=O) groups is 1. The number of methoxy groups -OCH3 is 2. The van der Waals surface area contributed by atoms with Gasteiger partial charge in [-0.15, -0.1) is 0 Å². The molecule has 0 aliphatic carbocycles. The molecule has 0 spiro atoms. The summed E-state index contributed by atoms with van der Waals surface area (Å²) in [6.07, 6.45) is 2.80. The molecule has 1 aromatic heterocycles. The second kappa shape index (κ2) is 10.0. The molecule has 4 rings (SSSR count). The smallest absolute Gasteiger partial charge is 0.342 e. The van der Waals surface area contributed by atoms with Gasteiger partial charge in [-0.2, -0.15) is 4.31 Å². The van der Waals surface area contributed by atoms with Gasteiger partial charge in [0.25, 0.3) is 0 Å². The fourth-order valence-electron chi connectivity index (χ4n) is 4.21. The summed E-state index contributed by atoms with van der Waals surface area (Å²) in [5.41, 5.74) is 1.61. The molecule has 3 aromatic rings. The standard InChI is InChI=1S/C24H29N3O6S/c1-4-27-21-11-9-18(34(29,30)26-12-6-5-7-13-26)15-20(21)25-23(27)16-33-24(28)19-10-8-17(31-2)14-22(19)32-3/h8-11,14-15H,4-7,12-13,16H2,1-3H3. The van der Waals surface area contributed by atoms with E-state index >= 15 is 0 Å². The second-order valence-electron chi connectivity index (χ2n) is 8.03. The van der Waals surface area contributed by atoms with E-state index in [0.717, 1.165) is 24.8 Å². The Balaban J connectivity index is 1.58. The third kappa shape index (κ3) is 4.60. The molecular formula is C24H29N3O6S. The zero-order valence-corrected chi connectivity index (χ0v) is 20.4. The maximum atomic E-state index is 13.1. The van der Waals surface area contributed by atoms with E-state index in [-0.39, 0.29) is 17.1 Å². The zero-order chi connectivity index (χ0) is 24.3. The Morgan fingerprint density at radius 2 is 1.79 bits per heavy atom. The van der Waals surface area contributed by atoms with Crippen LogP contribution in [0.15, 0.2) is 41.3 Å². The van der Waals surface area contributed by atoms with Crippen molar-refractivity contribution in [1.82, 2.24) is 13.9 Å². The van der Waals surface area contributed by atoms with Crippen LogP contribution in [0.1, 0.15) is 42.4 Å². The average molecular weight is 488 g/mol. The van der Waals surface area contributed by atoms with Crippen molar-refractivity contribution in [2.45, 2.75) is 44.2 Å². The number of carbonyl (C=O) groups excluding carboxylic acids is 1. The Hall–Kier alpha value is -3.11. The van der Waals surface area contributed by atoms with Gasteiger partial charge in [-0.1, -0.05) is 6.42 Å². The van der Waals surface area contributed by atoms with E-state index in [1.807, 2.05) is 11.5 Å². The minimum absolute atomic E-state index is 0.0647. The highest BCUT2D eigenvalue weighted by Gasteiger charge is 2.27. The second-order valence-corrected chi connectivity index (χ2v) is 9.97. The van der Waals surface area contributed by atoms with Gasteiger partial charge in [-0.3, -0.25) is 0 Å². The van der Waals surface area contributed by atoms with Crippen LogP contribution in [0.25, 0.3) is 11.0 Å². The Morgan fingerprint density at radius 3 is 2.47 bits per heavy atom. The largest absolute Gasteiger partial charge is 0.497 e. The number of sulfonamides is 1. The predicted molar refractivity (Wildman–Crippen MR) is 127 cm³/mol. The van der Waals surface area contributed by atoms with Crippen molar-refractivity contribution in [3.05, 3.63) is 47.8 Å². The molecule has 1 aliphatic rings. The van der Waals surface area contributed by atoms with Crippen molar-refractivity contribution in [2.24, 2.45) is 0 Å². The first-order chi connectivity index (χ1) is 16.4. The normalized spacial score (nSPS) is 14.8. The lowest BCUT2D eigenvalue weighted by molar-refractivity contribution is 0.0455. The molecule has 1 aliphatic heterocycles. The summed E-state index contributed by atoms with van der Waals surface area (Å²) in [4.78, 5) is 17.5. The van der Waals surface area contributed by atoms with Gasteiger partial charge >= 0.3 is 5.97 Å². The maximum absolute atomic E-state index is 13.1. The van der Waals surface area contributed by atoms with E-state index < -0.39 is 16.0 Å². The molecule has 0 unspecified atom stereocenters. The van der Waals surface area contributed by atoms with Gasteiger partial charge in [0.15, 0.2) is 0 Å². The summed E-state index contributed by atoms with van der Waals surface area (Å²) in [6.45, 7) is 3.56. The molecule has 0 amide bonds. The number of piperidine rings is 1. The predicted octanol–water partition coefficient (Wildman–Crippen LogP) is 3.61.